The number of piperidine rings is 1. The highest BCUT2D eigenvalue weighted by Gasteiger charge is 2.31. The van der Waals surface area contributed by atoms with Crippen LogP contribution in [0, 0.1) is 11.3 Å². The highest BCUT2D eigenvalue weighted by molar-refractivity contribution is 5.85. The summed E-state index contributed by atoms with van der Waals surface area (Å²) in [7, 11) is 0. The predicted octanol–water partition coefficient (Wildman–Crippen LogP) is 3.23. The Morgan fingerprint density at radius 3 is 1.69 bits per heavy atom. The number of nitrogens with one attached hydrogen (secondary N) is 1. The first kappa shape index (κ1) is 13.2. The van der Waals surface area contributed by atoms with Crippen LogP contribution in [0.2, 0.25) is 0 Å². The van der Waals surface area contributed by atoms with Gasteiger partial charge in [0.15, 0.2) is 0 Å². The van der Waals surface area contributed by atoms with E-state index in [0.717, 1.165) is 5.92 Å². The summed E-state index contributed by atoms with van der Waals surface area (Å²) in [5.74, 6) is 0.892. The summed E-state index contributed by atoms with van der Waals surface area (Å²) in [5.41, 5.74) is 0.491. The monoisotopic (exact) mass is 205 g/mol. The Morgan fingerprint density at radius 2 is 1.38 bits per heavy atom. The van der Waals surface area contributed by atoms with Gasteiger partial charge >= 0.3 is 0 Å². The molecule has 1 rings (SSSR count). The molecule has 1 fully saturated rings. The SMILES string of the molecule is C[C@@H]1CC(C(C)(C)C)C[C@H](C)N1.Cl. The van der Waals surface area contributed by atoms with Crippen molar-refractivity contribution >= 4 is 12.4 Å². The van der Waals surface area contributed by atoms with Crippen molar-refractivity contribution in [3.8, 4) is 0 Å². The molecule has 3 atom stereocenters. The molecule has 1 N–H and O–H groups in total. The maximum atomic E-state index is 3.58. The van der Waals surface area contributed by atoms with Crippen LogP contribution in [0.25, 0.3) is 0 Å². The van der Waals surface area contributed by atoms with Crippen molar-refractivity contribution in [2.45, 2.75) is 59.5 Å². The summed E-state index contributed by atoms with van der Waals surface area (Å²) in [6, 6.07) is 1.41. The Morgan fingerprint density at radius 1 is 1.00 bits per heavy atom. The quantitative estimate of drug-likeness (QED) is 0.641. The summed E-state index contributed by atoms with van der Waals surface area (Å²) in [6.07, 6.45) is 2.68. The van der Waals surface area contributed by atoms with Gasteiger partial charge in [0.25, 0.3) is 0 Å². The molecular weight excluding hydrogens is 182 g/mol. The minimum Gasteiger partial charge on any atom is -0.312 e. The van der Waals surface area contributed by atoms with E-state index in [2.05, 4.69) is 39.9 Å². The van der Waals surface area contributed by atoms with Gasteiger partial charge in [0.05, 0.1) is 0 Å². The largest absolute Gasteiger partial charge is 0.312 e. The Kier molecular flexibility index (Phi) is 4.74. The van der Waals surface area contributed by atoms with Gasteiger partial charge in [-0.15, -0.1) is 12.4 Å². The van der Waals surface area contributed by atoms with E-state index in [1.54, 1.807) is 0 Å². The van der Waals surface area contributed by atoms with Crippen molar-refractivity contribution in [2.75, 3.05) is 0 Å². The minimum absolute atomic E-state index is 0. The van der Waals surface area contributed by atoms with Crippen LogP contribution in [-0.2, 0) is 0 Å². The molecule has 0 aliphatic carbocycles. The molecule has 0 spiro atoms. The fourth-order valence-corrected chi connectivity index (χ4v) is 2.28. The third kappa shape index (κ3) is 3.86. The maximum absolute atomic E-state index is 3.58. The zero-order chi connectivity index (χ0) is 9.35. The summed E-state index contributed by atoms with van der Waals surface area (Å²) in [6.45, 7) is 11.7. The molecule has 1 saturated heterocycles. The lowest BCUT2D eigenvalue weighted by Gasteiger charge is -2.40. The first-order valence-electron chi connectivity index (χ1n) is 5.15. The maximum Gasteiger partial charge on any atom is 0.00440 e. The fourth-order valence-electron chi connectivity index (χ4n) is 2.28. The Labute approximate surface area is 89.1 Å². The van der Waals surface area contributed by atoms with Crippen molar-refractivity contribution in [1.82, 2.24) is 5.32 Å². The molecule has 2 heteroatoms. The molecule has 0 aromatic rings. The lowest BCUT2D eigenvalue weighted by molar-refractivity contribution is 0.141. The molecule has 1 aliphatic rings. The van der Waals surface area contributed by atoms with Crippen LogP contribution in [0.3, 0.4) is 0 Å². The smallest absolute Gasteiger partial charge is 0.00440 e. The zero-order valence-electron chi connectivity index (χ0n) is 9.55. The summed E-state index contributed by atoms with van der Waals surface area (Å²) in [5, 5.41) is 3.58. The van der Waals surface area contributed by atoms with Gasteiger partial charge in [-0.25, -0.2) is 0 Å². The van der Waals surface area contributed by atoms with E-state index in [1.165, 1.54) is 12.8 Å². The van der Waals surface area contributed by atoms with Crippen molar-refractivity contribution in [2.24, 2.45) is 11.3 Å². The van der Waals surface area contributed by atoms with Crippen LogP contribution >= 0.6 is 12.4 Å². The number of rotatable bonds is 0. The average Bonchev–Trinajstić information content (AvgIpc) is 1.82. The lowest BCUT2D eigenvalue weighted by Crippen LogP contribution is -2.45. The number of halogens is 1. The Hall–Kier alpha value is 0.250. The number of hydrogen-bond donors (Lipinski definition) is 1. The van der Waals surface area contributed by atoms with Gasteiger partial charge in [0, 0.05) is 12.1 Å². The van der Waals surface area contributed by atoms with Gasteiger partial charge in [-0.3, -0.25) is 0 Å². The molecule has 1 aliphatic heterocycles. The van der Waals surface area contributed by atoms with Crippen LogP contribution in [0.1, 0.15) is 47.5 Å². The second-order valence-electron chi connectivity index (χ2n) is 5.50. The first-order valence-corrected chi connectivity index (χ1v) is 5.15. The average molecular weight is 206 g/mol. The Bertz CT molecular complexity index is 141. The first-order chi connectivity index (χ1) is 5.39. The number of hydrogen-bond acceptors (Lipinski definition) is 1. The molecule has 0 aromatic carbocycles. The second kappa shape index (κ2) is 4.65. The van der Waals surface area contributed by atoms with Crippen molar-refractivity contribution < 1.29 is 0 Å². The van der Waals surface area contributed by atoms with E-state index in [-0.39, 0.29) is 12.4 Å². The molecule has 0 radical (unpaired) electrons. The van der Waals surface area contributed by atoms with E-state index in [1.807, 2.05) is 0 Å². The molecule has 80 valence electrons. The third-order valence-corrected chi connectivity index (χ3v) is 3.07. The third-order valence-electron chi connectivity index (χ3n) is 3.07. The van der Waals surface area contributed by atoms with Gasteiger partial charge in [0.2, 0.25) is 0 Å². The van der Waals surface area contributed by atoms with E-state index >= 15 is 0 Å². The van der Waals surface area contributed by atoms with Gasteiger partial charge in [0.1, 0.15) is 0 Å². The Balaban J connectivity index is 0.00000144. The van der Waals surface area contributed by atoms with E-state index in [0.29, 0.717) is 17.5 Å². The van der Waals surface area contributed by atoms with Gasteiger partial charge in [-0.1, -0.05) is 20.8 Å². The van der Waals surface area contributed by atoms with Crippen molar-refractivity contribution in [3.05, 3.63) is 0 Å². The lowest BCUT2D eigenvalue weighted by atomic mass is 9.72. The van der Waals surface area contributed by atoms with Gasteiger partial charge in [-0.05, 0) is 38.0 Å². The highest BCUT2D eigenvalue weighted by Crippen LogP contribution is 2.35. The molecule has 1 nitrogen and oxygen atoms in total. The van der Waals surface area contributed by atoms with Gasteiger partial charge < -0.3 is 5.32 Å². The minimum atomic E-state index is 0. The molecule has 0 amide bonds. The summed E-state index contributed by atoms with van der Waals surface area (Å²) >= 11 is 0. The van der Waals surface area contributed by atoms with Crippen LogP contribution in [0.4, 0.5) is 0 Å². The molecule has 1 heterocycles. The summed E-state index contributed by atoms with van der Waals surface area (Å²) in [4.78, 5) is 0. The highest BCUT2D eigenvalue weighted by atomic mass is 35.5. The zero-order valence-corrected chi connectivity index (χ0v) is 10.4. The molecular formula is C11H24ClN. The van der Waals surface area contributed by atoms with Gasteiger partial charge in [-0.2, -0.15) is 0 Å². The van der Waals surface area contributed by atoms with Crippen molar-refractivity contribution in [1.29, 1.82) is 0 Å². The molecule has 0 aromatic heterocycles. The molecule has 1 unspecified atom stereocenters. The van der Waals surface area contributed by atoms with E-state index < -0.39 is 0 Å². The topological polar surface area (TPSA) is 12.0 Å². The van der Waals surface area contributed by atoms with E-state index in [9.17, 15) is 0 Å². The van der Waals surface area contributed by atoms with Crippen LogP contribution in [-0.4, -0.2) is 12.1 Å². The normalized spacial score (nSPS) is 35.3. The molecule has 0 bridgehead atoms. The summed E-state index contributed by atoms with van der Waals surface area (Å²) < 4.78 is 0. The predicted molar refractivity (Wildman–Crippen MR) is 61.5 cm³/mol. The molecule has 13 heavy (non-hydrogen) atoms. The van der Waals surface area contributed by atoms with E-state index in [4.69, 9.17) is 0 Å². The van der Waals surface area contributed by atoms with Crippen LogP contribution < -0.4 is 5.32 Å². The molecule has 0 saturated carbocycles. The standard InChI is InChI=1S/C11H23N.ClH/c1-8-6-10(11(3,4)5)7-9(2)12-8;/h8-10,12H,6-7H2,1-5H3;1H/t8-,9+,10?;. The van der Waals surface area contributed by atoms with Crippen LogP contribution in [0.15, 0.2) is 0 Å². The van der Waals surface area contributed by atoms with Crippen molar-refractivity contribution in [3.63, 3.8) is 0 Å². The fraction of sp³-hybridized carbons (Fsp3) is 1.00. The second-order valence-corrected chi connectivity index (χ2v) is 5.50. The van der Waals surface area contributed by atoms with Crippen LogP contribution in [0.5, 0.6) is 0 Å².